The lowest BCUT2D eigenvalue weighted by Crippen LogP contribution is -2.37. The van der Waals surface area contributed by atoms with E-state index in [-0.39, 0.29) is 19.8 Å². The molecule has 0 aliphatic heterocycles. The fourth-order valence-corrected chi connectivity index (χ4v) is 7.86. The fourth-order valence-electron chi connectivity index (χ4n) is 7.13. The first-order chi connectivity index (χ1) is 26.3. The molecule has 0 fully saturated rings. The molecule has 0 bridgehead atoms. The van der Waals surface area contributed by atoms with Crippen molar-refractivity contribution in [2.75, 3.05) is 60.7 Å². The summed E-state index contributed by atoms with van der Waals surface area (Å²) in [7, 11) is 1.52. The fraction of sp³-hybridized carbons (Fsp3) is 0.917. The molecule has 0 N–H and O–H groups in total. The second-order valence-corrected chi connectivity index (χ2v) is 21.3. The maximum atomic E-state index is 12.5. The number of quaternary nitrogens is 1. The van der Waals surface area contributed by atoms with Gasteiger partial charge in [-0.1, -0.05) is 169 Å². The third kappa shape index (κ3) is 37.7. The lowest BCUT2D eigenvalue weighted by molar-refractivity contribution is -0.870. The van der Waals surface area contributed by atoms with Gasteiger partial charge in [-0.3, -0.25) is 4.57 Å². The number of hydrogen-bond donors (Lipinski definition) is 0. The molecule has 0 amide bonds. The van der Waals surface area contributed by atoms with Gasteiger partial charge >= 0.3 is 0 Å². The molecule has 0 saturated carbocycles. The highest BCUT2D eigenvalue weighted by Crippen LogP contribution is 2.38. The van der Waals surface area contributed by atoms with Gasteiger partial charge in [0, 0.05) is 0 Å². The van der Waals surface area contributed by atoms with Gasteiger partial charge in [0.25, 0.3) is 7.82 Å². The van der Waals surface area contributed by atoms with E-state index in [2.05, 4.69) is 81.4 Å². The third-order valence-corrected chi connectivity index (χ3v) is 12.3. The molecule has 6 atom stereocenters. The largest absolute Gasteiger partial charge is 0.756 e. The van der Waals surface area contributed by atoms with Gasteiger partial charge in [0.15, 0.2) is 0 Å². The van der Waals surface area contributed by atoms with E-state index in [0.29, 0.717) is 24.2 Å². The van der Waals surface area contributed by atoms with Gasteiger partial charge < -0.3 is 27.9 Å². The molecule has 0 rings (SSSR count). The van der Waals surface area contributed by atoms with Crippen molar-refractivity contribution >= 4 is 7.82 Å². The molecule has 0 aromatic heterocycles. The van der Waals surface area contributed by atoms with Crippen molar-refractivity contribution in [2.24, 2.45) is 35.5 Å². The van der Waals surface area contributed by atoms with Crippen LogP contribution >= 0.6 is 7.82 Å². The topological polar surface area (TPSA) is 77.1 Å². The minimum absolute atomic E-state index is 0.0744. The van der Waals surface area contributed by atoms with Crippen molar-refractivity contribution in [1.29, 1.82) is 0 Å². The second-order valence-electron chi connectivity index (χ2n) is 19.9. The van der Waals surface area contributed by atoms with E-state index in [4.69, 9.17) is 18.5 Å². The minimum Gasteiger partial charge on any atom is -0.756 e. The predicted octanol–water partition coefficient (Wildman–Crippen LogP) is 13.4. The standard InChI is InChI=1S/C48H96NO6P/c1-40(2)20-14-22-42(5)24-16-26-44(7)28-18-30-46(9)32-35-52-38-48(39-55-56(50,51)54-37-34-49(11,12)13)53-36-33-47(10)31-19-29-45(8)27-17-25-43(6)23-15-21-41(3)4/h32-33,40-45,48H,14-31,34-39H2,1-13H3/b46-32+,47-33+/t42?,43?,44?,45?,48-/m1/s1. The van der Waals surface area contributed by atoms with Crippen molar-refractivity contribution in [3.63, 3.8) is 0 Å². The number of likely N-dealkylation sites (N-methyl/N-ethyl adjacent to an activating group) is 1. The number of phosphoric acid groups is 1. The molecule has 0 radical (unpaired) electrons. The average Bonchev–Trinajstić information content (AvgIpc) is 3.07. The molecule has 0 saturated heterocycles. The monoisotopic (exact) mass is 814 g/mol. The second kappa shape index (κ2) is 33.2. The number of ether oxygens (including phenoxy) is 2. The van der Waals surface area contributed by atoms with Crippen LogP contribution in [-0.4, -0.2) is 71.3 Å². The molecular weight excluding hydrogens is 718 g/mol. The summed E-state index contributed by atoms with van der Waals surface area (Å²) in [6.45, 7) is 24.9. The molecule has 0 spiro atoms. The van der Waals surface area contributed by atoms with Crippen molar-refractivity contribution in [1.82, 2.24) is 0 Å². The van der Waals surface area contributed by atoms with Gasteiger partial charge in [-0.25, -0.2) is 0 Å². The minimum atomic E-state index is -4.45. The summed E-state index contributed by atoms with van der Waals surface area (Å²) in [5.74, 6) is 4.84. The van der Waals surface area contributed by atoms with Gasteiger partial charge in [0.2, 0.25) is 0 Å². The molecular formula is C48H96NO6P. The maximum absolute atomic E-state index is 12.5. The molecule has 0 aliphatic carbocycles. The molecule has 0 heterocycles. The van der Waals surface area contributed by atoms with E-state index in [1.807, 2.05) is 21.1 Å². The zero-order valence-corrected chi connectivity index (χ0v) is 40.4. The summed E-state index contributed by atoms with van der Waals surface area (Å²) >= 11 is 0. The molecule has 334 valence electrons. The lowest BCUT2D eigenvalue weighted by Gasteiger charge is -2.28. The van der Waals surface area contributed by atoms with Gasteiger partial charge in [-0.05, 0) is 75.0 Å². The Labute approximate surface area is 349 Å². The van der Waals surface area contributed by atoms with Crippen LogP contribution in [0.15, 0.2) is 23.3 Å². The summed E-state index contributed by atoms with van der Waals surface area (Å²) in [6, 6.07) is 0. The Hall–Kier alpha value is -0.530. The van der Waals surface area contributed by atoms with Crippen LogP contribution in [0.2, 0.25) is 0 Å². The van der Waals surface area contributed by atoms with Crippen LogP contribution in [0.25, 0.3) is 0 Å². The molecule has 56 heavy (non-hydrogen) atoms. The Morgan fingerprint density at radius 3 is 1.38 bits per heavy atom. The van der Waals surface area contributed by atoms with Crippen LogP contribution in [0, 0.1) is 35.5 Å². The SMILES string of the molecule is C/C(=C\COC[C@H](COP(=O)([O-])OCC[N+](C)(C)C)OC/C=C(\C)CCCC(C)CCCC(C)CCCC(C)C)CCCC(C)CCCC(C)CCCC(C)C. The smallest absolute Gasteiger partial charge is 0.268 e. The summed E-state index contributed by atoms with van der Waals surface area (Å²) in [4.78, 5) is 12.5. The highest BCUT2D eigenvalue weighted by molar-refractivity contribution is 7.45. The van der Waals surface area contributed by atoms with Crippen LogP contribution in [0.1, 0.15) is 185 Å². The Morgan fingerprint density at radius 1 is 0.571 bits per heavy atom. The summed E-state index contributed by atoms with van der Waals surface area (Å²) in [5.41, 5.74) is 2.63. The van der Waals surface area contributed by atoms with Crippen molar-refractivity contribution in [3.8, 4) is 0 Å². The first-order valence-electron chi connectivity index (χ1n) is 23.2. The van der Waals surface area contributed by atoms with Crippen LogP contribution in [0.4, 0.5) is 0 Å². The highest BCUT2D eigenvalue weighted by Gasteiger charge is 2.18. The Kier molecular flexibility index (Phi) is 32.9. The van der Waals surface area contributed by atoms with E-state index in [0.717, 1.165) is 48.3 Å². The maximum Gasteiger partial charge on any atom is 0.268 e. The van der Waals surface area contributed by atoms with Crippen LogP contribution < -0.4 is 4.89 Å². The van der Waals surface area contributed by atoms with E-state index < -0.39 is 13.9 Å². The zero-order valence-electron chi connectivity index (χ0n) is 39.5. The number of nitrogens with zero attached hydrogens (tertiary/aromatic N) is 1. The summed E-state index contributed by atoms with van der Waals surface area (Å²) < 4.78 is 35.6. The van der Waals surface area contributed by atoms with Gasteiger partial charge in [0.1, 0.15) is 19.3 Å². The molecule has 5 unspecified atom stereocenters. The summed E-state index contributed by atoms with van der Waals surface area (Å²) in [5, 5.41) is 0. The number of phosphoric ester groups is 1. The molecule has 8 heteroatoms. The van der Waals surface area contributed by atoms with Crippen molar-refractivity contribution in [3.05, 3.63) is 23.3 Å². The third-order valence-electron chi connectivity index (χ3n) is 11.3. The first kappa shape index (κ1) is 55.5. The Bertz CT molecular complexity index is 1040. The Morgan fingerprint density at radius 2 is 0.964 bits per heavy atom. The molecule has 0 aromatic carbocycles. The van der Waals surface area contributed by atoms with Gasteiger partial charge in [-0.2, -0.15) is 0 Å². The van der Waals surface area contributed by atoms with Crippen molar-refractivity contribution in [2.45, 2.75) is 191 Å². The van der Waals surface area contributed by atoms with Crippen molar-refractivity contribution < 1.29 is 32.5 Å². The summed E-state index contributed by atoms with van der Waals surface area (Å²) in [6.07, 6.45) is 27.0. The molecule has 7 nitrogen and oxygen atoms in total. The number of allylic oxidation sites excluding steroid dienone is 2. The molecule has 0 aromatic rings. The van der Waals surface area contributed by atoms with Crippen LogP contribution in [0.3, 0.4) is 0 Å². The normalized spacial score (nSPS) is 17.0. The van der Waals surface area contributed by atoms with Gasteiger partial charge in [-0.15, -0.1) is 0 Å². The quantitative estimate of drug-likeness (QED) is 0.0267. The first-order valence-corrected chi connectivity index (χ1v) is 24.6. The van der Waals surface area contributed by atoms with Crippen LogP contribution in [-0.2, 0) is 23.1 Å². The molecule has 0 aliphatic rings. The zero-order chi connectivity index (χ0) is 42.4. The van der Waals surface area contributed by atoms with E-state index in [1.165, 1.54) is 114 Å². The van der Waals surface area contributed by atoms with E-state index in [9.17, 15) is 9.46 Å². The lowest BCUT2D eigenvalue weighted by atomic mass is 9.91. The number of rotatable bonds is 38. The van der Waals surface area contributed by atoms with Crippen LogP contribution in [0.5, 0.6) is 0 Å². The van der Waals surface area contributed by atoms with E-state index >= 15 is 0 Å². The number of hydrogen-bond acceptors (Lipinski definition) is 6. The highest BCUT2D eigenvalue weighted by atomic mass is 31.2. The van der Waals surface area contributed by atoms with E-state index in [1.54, 1.807) is 0 Å². The van der Waals surface area contributed by atoms with Gasteiger partial charge in [0.05, 0.1) is 47.6 Å². The Balaban J connectivity index is 4.72. The average molecular weight is 814 g/mol. The predicted molar refractivity (Wildman–Crippen MR) is 240 cm³/mol.